The molecule has 3 N–H and O–H groups in total. The Morgan fingerprint density at radius 2 is 2.14 bits per heavy atom. The van der Waals surface area contributed by atoms with Gasteiger partial charge in [-0.3, -0.25) is 4.79 Å². The van der Waals surface area contributed by atoms with Crippen LogP contribution < -0.4 is 15.8 Å². The van der Waals surface area contributed by atoms with Gasteiger partial charge in [-0.15, -0.1) is 0 Å². The molecular formula is C14H16N4O3. The lowest BCUT2D eigenvalue weighted by molar-refractivity contribution is -0.118. The molecule has 0 saturated heterocycles. The number of aromatic nitrogens is 2. The Hall–Kier alpha value is -2.41. The number of hydrogen-bond acceptors (Lipinski definition) is 6. The maximum Gasteiger partial charge on any atom is 0.244 e. The van der Waals surface area contributed by atoms with E-state index in [4.69, 9.17) is 15.0 Å². The van der Waals surface area contributed by atoms with E-state index in [-0.39, 0.29) is 12.5 Å². The average molecular weight is 288 g/mol. The van der Waals surface area contributed by atoms with E-state index in [2.05, 4.69) is 15.5 Å². The zero-order chi connectivity index (χ0) is 14.9. The number of anilines is 1. The van der Waals surface area contributed by atoms with E-state index in [1.54, 1.807) is 31.2 Å². The Kier molecular flexibility index (Phi) is 3.34. The topological polar surface area (TPSA) is 103 Å². The number of benzene rings is 1. The van der Waals surface area contributed by atoms with Gasteiger partial charge in [0.25, 0.3) is 0 Å². The van der Waals surface area contributed by atoms with Crippen molar-refractivity contribution in [3.8, 4) is 5.75 Å². The second-order valence-electron chi connectivity index (χ2n) is 5.15. The van der Waals surface area contributed by atoms with Crippen molar-refractivity contribution in [2.45, 2.75) is 31.9 Å². The molecule has 1 saturated carbocycles. The molecule has 2 aromatic rings. The van der Waals surface area contributed by atoms with Crippen LogP contribution in [0.3, 0.4) is 0 Å². The first-order valence-corrected chi connectivity index (χ1v) is 6.68. The van der Waals surface area contributed by atoms with Crippen molar-refractivity contribution in [3.63, 3.8) is 0 Å². The number of carbonyl (C=O) groups is 1. The Morgan fingerprint density at radius 1 is 1.43 bits per heavy atom. The first-order valence-electron chi connectivity index (χ1n) is 6.68. The summed E-state index contributed by atoms with van der Waals surface area (Å²) in [6.45, 7) is 1.95. The van der Waals surface area contributed by atoms with E-state index >= 15 is 0 Å². The largest absolute Gasteiger partial charge is 0.485 e. The average Bonchev–Trinajstić information content (AvgIpc) is 3.09. The number of carbonyl (C=O) groups excluding carboxylic acids is 1. The van der Waals surface area contributed by atoms with E-state index in [1.807, 2.05) is 0 Å². The van der Waals surface area contributed by atoms with Gasteiger partial charge in [0.1, 0.15) is 5.75 Å². The van der Waals surface area contributed by atoms with Crippen LogP contribution in [0.5, 0.6) is 5.75 Å². The number of amides is 1. The highest BCUT2D eigenvalue weighted by atomic mass is 16.5. The molecule has 0 atom stereocenters. The fourth-order valence-electron chi connectivity index (χ4n) is 1.80. The summed E-state index contributed by atoms with van der Waals surface area (Å²) in [5.41, 5.74) is 5.84. The summed E-state index contributed by atoms with van der Waals surface area (Å²) in [6.07, 6.45) is 1.48. The Morgan fingerprint density at radius 3 is 2.71 bits per heavy atom. The van der Waals surface area contributed by atoms with E-state index in [9.17, 15) is 4.79 Å². The van der Waals surface area contributed by atoms with Gasteiger partial charge < -0.3 is 20.3 Å². The predicted octanol–water partition coefficient (Wildman–Crippen LogP) is 1.39. The third-order valence-corrected chi connectivity index (χ3v) is 3.29. The van der Waals surface area contributed by atoms with Gasteiger partial charge in [0.2, 0.25) is 17.6 Å². The summed E-state index contributed by atoms with van der Waals surface area (Å²) in [4.78, 5) is 15.8. The summed E-state index contributed by atoms with van der Waals surface area (Å²) >= 11 is 0. The molecule has 1 fully saturated rings. The lowest BCUT2D eigenvalue weighted by Crippen LogP contribution is -2.37. The SMILES string of the molecule is Cc1nc(COc2ccc(NC(=O)C3(N)CC3)cc2)no1. The summed E-state index contributed by atoms with van der Waals surface area (Å²) in [7, 11) is 0. The van der Waals surface area contributed by atoms with E-state index in [0.29, 0.717) is 23.2 Å². The van der Waals surface area contributed by atoms with Crippen LogP contribution in [-0.4, -0.2) is 21.6 Å². The molecule has 1 amide bonds. The maximum atomic E-state index is 11.8. The quantitative estimate of drug-likeness (QED) is 0.861. The fraction of sp³-hybridized carbons (Fsp3) is 0.357. The van der Waals surface area contributed by atoms with Gasteiger partial charge in [0.05, 0.1) is 5.54 Å². The van der Waals surface area contributed by atoms with Gasteiger partial charge in [0.15, 0.2) is 6.61 Å². The molecule has 21 heavy (non-hydrogen) atoms. The van der Waals surface area contributed by atoms with Crippen molar-refractivity contribution >= 4 is 11.6 Å². The van der Waals surface area contributed by atoms with E-state index < -0.39 is 5.54 Å². The zero-order valence-corrected chi connectivity index (χ0v) is 11.6. The molecule has 0 spiro atoms. The molecule has 0 radical (unpaired) electrons. The molecule has 110 valence electrons. The van der Waals surface area contributed by atoms with E-state index in [0.717, 1.165) is 12.8 Å². The molecule has 1 heterocycles. The van der Waals surface area contributed by atoms with Crippen molar-refractivity contribution in [1.29, 1.82) is 0 Å². The molecule has 0 aliphatic heterocycles. The highest BCUT2D eigenvalue weighted by Gasteiger charge is 2.45. The van der Waals surface area contributed by atoms with Gasteiger partial charge in [-0.05, 0) is 37.1 Å². The smallest absolute Gasteiger partial charge is 0.244 e. The second kappa shape index (κ2) is 5.17. The summed E-state index contributed by atoms with van der Waals surface area (Å²) in [5, 5.41) is 6.53. The van der Waals surface area contributed by atoms with Crippen molar-refractivity contribution < 1.29 is 14.1 Å². The minimum atomic E-state index is -0.675. The van der Waals surface area contributed by atoms with Gasteiger partial charge >= 0.3 is 0 Å². The Labute approximate surface area is 121 Å². The number of aryl methyl sites for hydroxylation is 1. The van der Waals surface area contributed by atoms with Crippen LogP contribution in [-0.2, 0) is 11.4 Å². The van der Waals surface area contributed by atoms with Gasteiger partial charge in [-0.1, -0.05) is 5.16 Å². The van der Waals surface area contributed by atoms with Crippen LogP contribution >= 0.6 is 0 Å². The van der Waals surface area contributed by atoms with Crippen molar-refractivity contribution in [3.05, 3.63) is 36.0 Å². The van der Waals surface area contributed by atoms with Crippen LogP contribution in [0.2, 0.25) is 0 Å². The van der Waals surface area contributed by atoms with Crippen molar-refractivity contribution in [2.24, 2.45) is 5.73 Å². The number of nitrogens with one attached hydrogen (secondary N) is 1. The lowest BCUT2D eigenvalue weighted by atomic mass is 10.2. The molecule has 1 aliphatic carbocycles. The highest BCUT2D eigenvalue weighted by Crippen LogP contribution is 2.33. The fourth-order valence-corrected chi connectivity index (χ4v) is 1.80. The molecule has 1 aliphatic rings. The zero-order valence-electron chi connectivity index (χ0n) is 11.6. The second-order valence-corrected chi connectivity index (χ2v) is 5.15. The molecule has 1 aromatic carbocycles. The minimum absolute atomic E-state index is 0.140. The highest BCUT2D eigenvalue weighted by molar-refractivity contribution is 6.00. The lowest BCUT2D eigenvalue weighted by Gasteiger charge is -2.10. The van der Waals surface area contributed by atoms with Crippen molar-refractivity contribution in [1.82, 2.24) is 10.1 Å². The Balaban J connectivity index is 1.55. The molecule has 1 aromatic heterocycles. The number of ether oxygens (including phenoxy) is 1. The number of nitrogens with zero attached hydrogens (tertiary/aromatic N) is 2. The van der Waals surface area contributed by atoms with Crippen molar-refractivity contribution in [2.75, 3.05) is 5.32 Å². The van der Waals surface area contributed by atoms with Crippen LogP contribution in [0, 0.1) is 6.92 Å². The summed E-state index contributed by atoms with van der Waals surface area (Å²) in [6, 6.07) is 7.05. The third kappa shape index (κ3) is 3.19. The van der Waals surface area contributed by atoms with Crippen LogP contribution in [0.25, 0.3) is 0 Å². The minimum Gasteiger partial charge on any atom is -0.485 e. The Bertz CT molecular complexity index is 646. The number of hydrogen-bond donors (Lipinski definition) is 2. The molecule has 0 unspecified atom stereocenters. The normalized spacial score (nSPS) is 15.5. The van der Waals surface area contributed by atoms with E-state index in [1.165, 1.54) is 0 Å². The molecule has 3 rings (SSSR count). The predicted molar refractivity (Wildman–Crippen MR) is 74.6 cm³/mol. The monoisotopic (exact) mass is 288 g/mol. The maximum absolute atomic E-state index is 11.8. The molecule has 0 bridgehead atoms. The molecule has 7 heteroatoms. The first-order chi connectivity index (χ1) is 10.0. The van der Waals surface area contributed by atoms with Gasteiger partial charge in [-0.25, -0.2) is 0 Å². The first kappa shape index (κ1) is 13.6. The number of rotatable bonds is 5. The van der Waals surface area contributed by atoms with Crippen LogP contribution in [0.1, 0.15) is 24.6 Å². The van der Waals surface area contributed by atoms with Crippen LogP contribution in [0.15, 0.2) is 28.8 Å². The standard InChI is InChI=1S/C14H16N4O3/c1-9-16-12(18-21-9)8-20-11-4-2-10(3-5-11)17-13(19)14(15)6-7-14/h2-5H,6-8,15H2,1H3,(H,17,19). The van der Waals surface area contributed by atoms with Gasteiger partial charge in [0, 0.05) is 12.6 Å². The number of nitrogens with two attached hydrogens (primary N) is 1. The van der Waals surface area contributed by atoms with Crippen LogP contribution in [0.4, 0.5) is 5.69 Å². The molecular weight excluding hydrogens is 272 g/mol. The van der Waals surface area contributed by atoms with Gasteiger partial charge in [-0.2, -0.15) is 4.98 Å². The molecule has 7 nitrogen and oxygen atoms in total. The third-order valence-electron chi connectivity index (χ3n) is 3.29. The summed E-state index contributed by atoms with van der Waals surface area (Å²) < 4.78 is 10.4. The summed E-state index contributed by atoms with van der Waals surface area (Å²) in [5.74, 6) is 1.51.